The summed E-state index contributed by atoms with van der Waals surface area (Å²) in [5.74, 6) is 3.05. The van der Waals surface area contributed by atoms with E-state index < -0.39 is 0 Å². The zero-order valence-electron chi connectivity index (χ0n) is 11.7. The first kappa shape index (κ1) is 14.6. The Morgan fingerprint density at radius 2 is 1.95 bits per heavy atom. The smallest absolute Gasteiger partial charge is 0.136 e. The molecule has 0 bridgehead atoms. The summed E-state index contributed by atoms with van der Waals surface area (Å²) in [5, 5.41) is 6.44. The van der Waals surface area contributed by atoms with E-state index in [1.807, 2.05) is 38.1 Å². The van der Waals surface area contributed by atoms with Gasteiger partial charge >= 0.3 is 0 Å². The molecule has 2 aromatic rings. The molecule has 0 radical (unpaired) electrons. The Kier molecular flexibility index (Phi) is 4.79. The van der Waals surface area contributed by atoms with Gasteiger partial charge in [-0.3, -0.25) is 0 Å². The first-order valence-electron chi connectivity index (χ1n) is 6.32. The van der Waals surface area contributed by atoms with E-state index >= 15 is 0 Å². The van der Waals surface area contributed by atoms with Gasteiger partial charge in [0.2, 0.25) is 0 Å². The minimum Gasteiger partial charge on any atom is -0.495 e. The van der Waals surface area contributed by atoms with Crippen LogP contribution >= 0.6 is 15.9 Å². The molecule has 2 N–H and O–H groups in total. The van der Waals surface area contributed by atoms with Gasteiger partial charge in [-0.25, -0.2) is 9.97 Å². The molecule has 0 amide bonds. The number of methoxy groups -OCH3 is 1. The molecule has 2 rings (SSSR count). The first-order chi connectivity index (χ1) is 9.62. The number of halogens is 1. The molecular formula is C14H17BrN4O. The van der Waals surface area contributed by atoms with E-state index in [1.54, 1.807) is 7.11 Å². The van der Waals surface area contributed by atoms with Gasteiger partial charge in [-0.2, -0.15) is 0 Å². The molecule has 0 atom stereocenters. The normalized spacial score (nSPS) is 10.2. The van der Waals surface area contributed by atoms with Crippen LogP contribution in [-0.2, 0) is 0 Å². The second-order valence-electron chi connectivity index (χ2n) is 4.19. The van der Waals surface area contributed by atoms with Crippen LogP contribution in [-0.4, -0.2) is 23.6 Å². The third-order valence-electron chi connectivity index (χ3n) is 2.62. The van der Waals surface area contributed by atoms with Crippen molar-refractivity contribution >= 4 is 33.3 Å². The van der Waals surface area contributed by atoms with Crippen molar-refractivity contribution in [1.29, 1.82) is 0 Å². The zero-order chi connectivity index (χ0) is 14.5. The van der Waals surface area contributed by atoms with Gasteiger partial charge in [-0.15, -0.1) is 0 Å². The number of nitrogens with one attached hydrogen (secondary N) is 2. The van der Waals surface area contributed by atoms with E-state index in [9.17, 15) is 0 Å². The van der Waals surface area contributed by atoms with Crippen LogP contribution < -0.4 is 15.4 Å². The second kappa shape index (κ2) is 6.56. The molecule has 5 nitrogen and oxygen atoms in total. The topological polar surface area (TPSA) is 59.1 Å². The van der Waals surface area contributed by atoms with E-state index in [1.165, 1.54) is 0 Å². The van der Waals surface area contributed by atoms with Crippen LogP contribution in [0.15, 0.2) is 28.7 Å². The Morgan fingerprint density at radius 1 is 1.20 bits per heavy atom. The number of hydrogen-bond acceptors (Lipinski definition) is 5. The number of aryl methyl sites for hydroxylation is 1. The number of aromatic nitrogens is 2. The lowest BCUT2D eigenvalue weighted by Crippen LogP contribution is -2.04. The van der Waals surface area contributed by atoms with Crippen molar-refractivity contribution in [2.45, 2.75) is 13.8 Å². The maximum atomic E-state index is 5.28. The maximum absolute atomic E-state index is 5.28. The molecule has 1 aromatic carbocycles. The quantitative estimate of drug-likeness (QED) is 0.871. The van der Waals surface area contributed by atoms with Crippen molar-refractivity contribution < 1.29 is 4.74 Å². The Morgan fingerprint density at radius 3 is 2.65 bits per heavy atom. The summed E-state index contributed by atoms with van der Waals surface area (Å²) < 4.78 is 6.19. The third kappa shape index (κ3) is 3.60. The molecule has 1 heterocycles. The highest BCUT2D eigenvalue weighted by molar-refractivity contribution is 9.10. The van der Waals surface area contributed by atoms with Gasteiger partial charge in [-0.1, -0.05) is 0 Å². The van der Waals surface area contributed by atoms with Crippen molar-refractivity contribution in [2.24, 2.45) is 0 Å². The van der Waals surface area contributed by atoms with E-state index in [-0.39, 0.29) is 0 Å². The number of anilines is 3. The molecule has 0 saturated heterocycles. The lowest BCUT2D eigenvalue weighted by molar-refractivity contribution is 0.412. The highest BCUT2D eigenvalue weighted by atomic mass is 79.9. The van der Waals surface area contributed by atoms with Gasteiger partial charge in [0.05, 0.1) is 11.6 Å². The van der Waals surface area contributed by atoms with Gasteiger partial charge in [0.1, 0.15) is 23.2 Å². The van der Waals surface area contributed by atoms with E-state index in [0.29, 0.717) is 0 Å². The van der Waals surface area contributed by atoms with Crippen molar-refractivity contribution in [1.82, 2.24) is 9.97 Å². The van der Waals surface area contributed by atoms with Crippen molar-refractivity contribution in [3.05, 3.63) is 34.6 Å². The van der Waals surface area contributed by atoms with Crippen LogP contribution in [0.1, 0.15) is 12.7 Å². The predicted molar refractivity (Wildman–Crippen MR) is 84.9 cm³/mol. The Bertz CT molecular complexity index is 604. The largest absolute Gasteiger partial charge is 0.495 e. The minimum absolute atomic E-state index is 0.718. The zero-order valence-corrected chi connectivity index (χ0v) is 13.3. The maximum Gasteiger partial charge on any atom is 0.136 e. The van der Waals surface area contributed by atoms with Crippen LogP contribution in [0.3, 0.4) is 0 Å². The number of benzene rings is 1. The van der Waals surface area contributed by atoms with Crippen molar-refractivity contribution in [3.8, 4) is 5.75 Å². The van der Waals surface area contributed by atoms with Gasteiger partial charge in [0, 0.05) is 24.4 Å². The van der Waals surface area contributed by atoms with Crippen molar-refractivity contribution in [2.75, 3.05) is 24.3 Å². The third-order valence-corrected chi connectivity index (χ3v) is 3.27. The summed E-state index contributed by atoms with van der Waals surface area (Å²) in [5.41, 5.74) is 0.908. The van der Waals surface area contributed by atoms with E-state index in [0.717, 1.165) is 39.9 Å². The molecule has 106 valence electrons. The standard InChI is InChI=1S/C14H17BrN4O/c1-4-16-13-8-14(18-9(2)17-13)19-10-5-6-11(15)12(7-10)20-3/h5-8H,4H2,1-3H3,(H2,16,17,18,19). The first-order valence-corrected chi connectivity index (χ1v) is 7.11. The number of nitrogens with zero attached hydrogens (tertiary/aromatic N) is 2. The molecule has 0 unspecified atom stereocenters. The summed E-state index contributed by atoms with van der Waals surface area (Å²) in [7, 11) is 1.64. The Balaban J connectivity index is 2.25. The molecular weight excluding hydrogens is 320 g/mol. The SMILES string of the molecule is CCNc1cc(Nc2ccc(Br)c(OC)c2)nc(C)n1. The fourth-order valence-corrected chi connectivity index (χ4v) is 2.20. The molecule has 20 heavy (non-hydrogen) atoms. The fraction of sp³-hybridized carbons (Fsp3) is 0.286. The summed E-state index contributed by atoms with van der Waals surface area (Å²) in [4.78, 5) is 8.69. The van der Waals surface area contributed by atoms with Crippen molar-refractivity contribution in [3.63, 3.8) is 0 Å². The fourth-order valence-electron chi connectivity index (χ4n) is 1.79. The molecule has 0 aliphatic carbocycles. The number of rotatable bonds is 5. The average Bonchev–Trinajstić information content (AvgIpc) is 2.40. The summed E-state index contributed by atoms with van der Waals surface area (Å²) in [6.07, 6.45) is 0. The van der Waals surface area contributed by atoms with Gasteiger partial charge in [-0.05, 0) is 41.9 Å². The molecule has 0 aliphatic rings. The lowest BCUT2D eigenvalue weighted by Gasteiger charge is -2.11. The average molecular weight is 337 g/mol. The Hall–Kier alpha value is -1.82. The summed E-state index contributed by atoms with van der Waals surface area (Å²) in [6.45, 7) is 4.72. The summed E-state index contributed by atoms with van der Waals surface area (Å²) in [6, 6.07) is 7.68. The van der Waals surface area contributed by atoms with Gasteiger partial charge in [0.25, 0.3) is 0 Å². The highest BCUT2D eigenvalue weighted by Gasteiger charge is 2.05. The van der Waals surface area contributed by atoms with E-state index in [4.69, 9.17) is 4.74 Å². The van der Waals surface area contributed by atoms with Crippen LogP contribution in [0.2, 0.25) is 0 Å². The second-order valence-corrected chi connectivity index (χ2v) is 5.04. The van der Waals surface area contributed by atoms with Crippen LogP contribution in [0, 0.1) is 6.92 Å². The molecule has 6 heteroatoms. The molecule has 0 fully saturated rings. The van der Waals surface area contributed by atoms with Crippen LogP contribution in [0.25, 0.3) is 0 Å². The summed E-state index contributed by atoms with van der Waals surface area (Å²) >= 11 is 3.43. The minimum atomic E-state index is 0.718. The van der Waals surface area contributed by atoms with Crippen LogP contribution in [0.5, 0.6) is 5.75 Å². The molecule has 0 saturated carbocycles. The lowest BCUT2D eigenvalue weighted by atomic mass is 10.3. The monoisotopic (exact) mass is 336 g/mol. The van der Waals surface area contributed by atoms with E-state index in [2.05, 4.69) is 36.5 Å². The molecule has 0 spiro atoms. The number of ether oxygens (including phenoxy) is 1. The molecule has 0 aliphatic heterocycles. The number of hydrogen-bond donors (Lipinski definition) is 2. The molecule has 1 aromatic heterocycles. The Labute approximate surface area is 126 Å². The highest BCUT2D eigenvalue weighted by Crippen LogP contribution is 2.29. The predicted octanol–water partition coefficient (Wildman–Crippen LogP) is 3.73. The van der Waals surface area contributed by atoms with Gasteiger partial charge in [0.15, 0.2) is 0 Å². The van der Waals surface area contributed by atoms with Gasteiger partial charge < -0.3 is 15.4 Å². The van der Waals surface area contributed by atoms with Crippen LogP contribution in [0.4, 0.5) is 17.3 Å².